The number of benzene rings is 1. The molecule has 1 aromatic carbocycles. The van der Waals surface area contributed by atoms with Gasteiger partial charge in [0.05, 0.1) is 4.90 Å². The molecule has 1 rings (SSSR count). The van der Waals surface area contributed by atoms with Gasteiger partial charge >= 0.3 is 0 Å². The van der Waals surface area contributed by atoms with E-state index >= 15 is 0 Å². The Morgan fingerprint density at radius 3 is 2.57 bits per heavy atom. The molecule has 6 nitrogen and oxygen atoms in total. The molecular formula is C12H17FN2O4S2. The highest BCUT2D eigenvalue weighted by Gasteiger charge is 2.20. The lowest BCUT2D eigenvalue weighted by atomic mass is 10.1. The van der Waals surface area contributed by atoms with Crippen molar-refractivity contribution in [3.05, 3.63) is 29.1 Å². The molecule has 0 saturated heterocycles. The van der Waals surface area contributed by atoms with Crippen LogP contribution in [0.5, 0.6) is 0 Å². The minimum atomic E-state index is -4.12. The minimum absolute atomic E-state index is 0.0769. The van der Waals surface area contributed by atoms with Gasteiger partial charge in [0, 0.05) is 34.4 Å². The second-order valence-corrected chi connectivity index (χ2v) is 7.71. The Morgan fingerprint density at radius 1 is 1.43 bits per heavy atom. The van der Waals surface area contributed by atoms with Gasteiger partial charge in [-0.05, 0) is 24.6 Å². The summed E-state index contributed by atoms with van der Waals surface area (Å²) >= 11 is 0. The molecule has 0 spiro atoms. The number of hydrogen-bond donors (Lipinski definition) is 2. The molecule has 0 heterocycles. The van der Waals surface area contributed by atoms with Crippen LogP contribution in [0.3, 0.4) is 0 Å². The third-order valence-corrected chi connectivity index (χ3v) is 5.15. The van der Waals surface area contributed by atoms with Gasteiger partial charge in [0.2, 0.25) is 10.0 Å². The number of nitrogens with one attached hydrogen (secondary N) is 1. The van der Waals surface area contributed by atoms with Gasteiger partial charge in [0.1, 0.15) is 5.82 Å². The molecule has 0 saturated carbocycles. The summed E-state index contributed by atoms with van der Waals surface area (Å²) in [5, 5.41) is 7.46. The van der Waals surface area contributed by atoms with Gasteiger partial charge in [0.15, 0.2) is 0 Å². The van der Waals surface area contributed by atoms with Crippen molar-refractivity contribution in [2.75, 3.05) is 18.1 Å². The first kappa shape index (κ1) is 17.7. The molecule has 1 aromatic rings. The van der Waals surface area contributed by atoms with E-state index in [2.05, 4.69) is 5.32 Å². The minimum Gasteiger partial charge on any atom is -0.351 e. The van der Waals surface area contributed by atoms with Crippen molar-refractivity contribution < 1.29 is 21.8 Å². The summed E-state index contributed by atoms with van der Waals surface area (Å²) in [6.07, 6.45) is 0. The Kier molecular flexibility index (Phi) is 5.99. The summed E-state index contributed by atoms with van der Waals surface area (Å²) in [5.41, 5.74) is -0.0330. The predicted octanol–water partition coefficient (Wildman–Crippen LogP) is 0.280. The van der Waals surface area contributed by atoms with Crippen LogP contribution in [0, 0.1) is 12.7 Å². The third-order valence-electron chi connectivity index (χ3n) is 2.81. The summed E-state index contributed by atoms with van der Waals surface area (Å²) in [6.45, 7) is 3.28. The monoisotopic (exact) mass is 336 g/mol. The van der Waals surface area contributed by atoms with E-state index in [-0.39, 0.29) is 23.4 Å². The predicted molar refractivity (Wildman–Crippen MR) is 78.4 cm³/mol. The Bertz CT molecular complexity index is 674. The number of nitrogens with two attached hydrogens (primary N) is 1. The van der Waals surface area contributed by atoms with E-state index in [9.17, 15) is 21.8 Å². The zero-order valence-electron chi connectivity index (χ0n) is 11.7. The standard InChI is InChI=1S/C12H17FN2O4S2/c1-3-20(17)5-4-15-12(16)10-6-9(13)7-11(8(10)2)21(14,18)19/h6-7H,3-5H2,1-2H3,(H,15,16)(H2,14,18,19). The van der Waals surface area contributed by atoms with Gasteiger partial charge in [-0.25, -0.2) is 17.9 Å². The molecule has 0 aliphatic carbocycles. The maximum atomic E-state index is 13.5. The number of carbonyl (C=O) groups excluding carboxylic acids is 1. The molecule has 0 aliphatic rings. The van der Waals surface area contributed by atoms with Crippen LogP contribution < -0.4 is 10.5 Å². The number of sulfonamides is 1. The highest BCUT2D eigenvalue weighted by molar-refractivity contribution is 7.89. The Hall–Kier alpha value is -1.32. The number of halogens is 1. The lowest BCUT2D eigenvalue weighted by Crippen LogP contribution is -2.29. The van der Waals surface area contributed by atoms with E-state index in [0.29, 0.717) is 5.75 Å². The van der Waals surface area contributed by atoms with Gasteiger partial charge in [-0.2, -0.15) is 0 Å². The second kappa shape index (κ2) is 7.10. The van der Waals surface area contributed by atoms with Crippen LogP contribution in [-0.4, -0.2) is 36.6 Å². The zero-order valence-corrected chi connectivity index (χ0v) is 13.3. The van der Waals surface area contributed by atoms with Gasteiger partial charge in [-0.1, -0.05) is 6.92 Å². The molecule has 1 unspecified atom stereocenters. The van der Waals surface area contributed by atoms with Crippen molar-refractivity contribution in [3.8, 4) is 0 Å². The fraction of sp³-hybridized carbons (Fsp3) is 0.417. The fourth-order valence-corrected chi connectivity index (χ4v) is 3.14. The van der Waals surface area contributed by atoms with Gasteiger partial charge in [-0.15, -0.1) is 0 Å². The molecule has 0 aromatic heterocycles. The summed E-state index contributed by atoms with van der Waals surface area (Å²) in [7, 11) is -5.15. The number of carbonyl (C=O) groups is 1. The van der Waals surface area contributed by atoms with E-state index in [1.165, 1.54) is 6.92 Å². The summed E-state index contributed by atoms with van der Waals surface area (Å²) < 4.78 is 47.4. The maximum Gasteiger partial charge on any atom is 0.251 e. The second-order valence-electron chi connectivity index (χ2n) is 4.31. The first-order valence-electron chi connectivity index (χ1n) is 6.13. The van der Waals surface area contributed by atoms with Crippen molar-refractivity contribution in [1.82, 2.24) is 5.32 Å². The molecule has 9 heteroatoms. The Morgan fingerprint density at radius 2 is 2.05 bits per heavy atom. The molecule has 3 N–H and O–H groups in total. The summed E-state index contributed by atoms with van der Waals surface area (Å²) in [4.78, 5) is 11.5. The average molecular weight is 336 g/mol. The lowest BCUT2D eigenvalue weighted by molar-refractivity contribution is 0.0955. The number of rotatable bonds is 6. The van der Waals surface area contributed by atoms with Crippen molar-refractivity contribution >= 4 is 26.7 Å². The smallest absolute Gasteiger partial charge is 0.251 e. The van der Waals surface area contributed by atoms with Gasteiger partial charge < -0.3 is 5.32 Å². The quantitative estimate of drug-likeness (QED) is 0.778. The van der Waals surface area contributed by atoms with Crippen LogP contribution in [0.1, 0.15) is 22.8 Å². The number of hydrogen-bond acceptors (Lipinski definition) is 4. The van der Waals surface area contributed by atoms with Crippen LogP contribution >= 0.6 is 0 Å². The van der Waals surface area contributed by atoms with E-state index in [4.69, 9.17) is 5.14 Å². The van der Waals surface area contributed by atoms with E-state index in [1.807, 2.05) is 0 Å². The van der Waals surface area contributed by atoms with Crippen molar-refractivity contribution in [3.63, 3.8) is 0 Å². The average Bonchev–Trinajstić information content (AvgIpc) is 2.39. The largest absolute Gasteiger partial charge is 0.351 e. The van der Waals surface area contributed by atoms with E-state index in [0.717, 1.165) is 12.1 Å². The molecule has 1 amide bonds. The highest BCUT2D eigenvalue weighted by Crippen LogP contribution is 2.20. The number of amides is 1. The van der Waals surface area contributed by atoms with Crippen molar-refractivity contribution in [2.45, 2.75) is 18.7 Å². The van der Waals surface area contributed by atoms with Gasteiger partial charge in [0.25, 0.3) is 5.91 Å². The molecule has 0 radical (unpaired) electrons. The Labute approximate surface area is 125 Å². The van der Waals surface area contributed by atoms with Crippen LogP contribution in [0.4, 0.5) is 4.39 Å². The van der Waals surface area contributed by atoms with Crippen molar-refractivity contribution in [1.29, 1.82) is 0 Å². The molecule has 118 valence electrons. The molecule has 21 heavy (non-hydrogen) atoms. The van der Waals surface area contributed by atoms with Crippen LogP contribution in [0.2, 0.25) is 0 Å². The third kappa shape index (κ3) is 4.87. The van der Waals surface area contributed by atoms with Crippen LogP contribution in [0.15, 0.2) is 17.0 Å². The molecule has 0 fully saturated rings. The van der Waals surface area contributed by atoms with Gasteiger partial charge in [-0.3, -0.25) is 9.00 Å². The van der Waals surface area contributed by atoms with E-state index < -0.39 is 37.4 Å². The summed E-state index contributed by atoms with van der Waals surface area (Å²) in [5.74, 6) is -0.750. The van der Waals surface area contributed by atoms with Crippen molar-refractivity contribution in [2.24, 2.45) is 5.14 Å². The highest BCUT2D eigenvalue weighted by atomic mass is 32.2. The van der Waals surface area contributed by atoms with E-state index in [1.54, 1.807) is 6.92 Å². The first-order chi connectivity index (χ1) is 9.66. The molecule has 1 atom stereocenters. The summed E-state index contributed by atoms with van der Waals surface area (Å²) in [6, 6.07) is 1.71. The topological polar surface area (TPSA) is 106 Å². The molecular weight excluding hydrogens is 319 g/mol. The maximum absolute atomic E-state index is 13.5. The lowest BCUT2D eigenvalue weighted by Gasteiger charge is -2.11. The fourth-order valence-electron chi connectivity index (χ4n) is 1.70. The van der Waals surface area contributed by atoms with Crippen LogP contribution in [0.25, 0.3) is 0 Å². The van der Waals surface area contributed by atoms with Crippen LogP contribution in [-0.2, 0) is 20.8 Å². The normalized spacial score (nSPS) is 13.0. The zero-order chi connectivity index (χ0) is 16.2. The first-order valence-corrected chi connectivity index (χ1v) is 9.16. The Balaban J connectivity index is 3.00. The molecule has 0 aliphatic heterocycles. The molecule has 0 bridgehead atoms. The number of primary sulfonamides is 1. The SMILES string of the molecule is CCS(=O)CCNC(=O)c1cc(F)cc(S(N)(=O)=O)c1C.